The van der Waals surface area contributed by atoms with Crippen molar-refractivity contribution in [3.63, 3.8) is 0 Å². The van der Waals surface area contributed by atoms with Crippen LogP contribution in [0.4, 0.5) is 5.69 Å². The van der Waals surface area contributed by atoms with E-state index >= 15 is 0 Å². The normalized spacial score (nSPS) is 9.90. The third-order valence-electron chi connectivity index (χ3n) is 2.90. The van der Waals surface area contributed by atoms with E-state index in [9.17, 15) is 4.79 Å². The molecule has 5 heteroatoms. The third kappa shape index (κ3) is 3.47. The van der Waals surface area contributed by atoms with Gasteiger partial charge >= 0.3 is 0 Å². The average Bonchev–Trinajstić information content (AvgIpc) is 2.53. The molecule has 0 radical (unpaired) electrons. The average molecular weight is 271 g/mol. The van der Waals surface area contributed by atoms with Crippen LogP contribution in [0.5, 0.6) is 5.88 Å². The topological polar surface area (TPSA) is 63.2 Å². The lowest BCUT2D eigenvalue weighted by atomic mass is 10.2. The molecule has 0 aliphatic rings. The van der Waals surface area contributed by atoms with Crippen LogP contribution in [0, 0.1) is 0 Å². The molecule has 2 aromatic rings. The Hall–Kier alpha value is -2.56. The third-order valence-corrected chi connectivity index (χ3v) is 2.90. The molecule has 0 saturated heterocycles. The fraction of sp³-hybridized carbons (Fsp3) is 0.200. The zero-order chi connectivity index (χ0) is 14.4. The number of anilines is 1. The molecule has 0 spiro atoms. The predicted molar refractivity (Wildman–Crippen MR) is 77.9 cm³/mol. The summed E-state index contributed by atoms with van der Waals surface area (Å²) in [7, 11) is 3.40. The Morgan fingerprint density at radius 1 is 1.25 bits per heavy atom. The second-order valence-corrected chi connectivity index (χ2v) is 4.22. The summed E-state index contributed by atoms with van der Waals surface area (Å²) < 4.78 is 5.04. The lowest BCUT2D eigenvalue weighted by Crippen LogP contribution is -2.22. The Morgan fingerprint density at radius 2 is 2.00 bits per heavy atom. The van der Waals surface area contributed by atoms with Gasteiger partial charge in [-0.25, -0.2) is 4.98 Å². The smallest absolute Gasteiger partial charge is 0.251 e. The van der Waals surface area contributed by atoms with Crippen LogP contribution < -0.4 is 15.4 Å². The molecule has 0 saturated carbocycles. The first-order valence-electron chi connectivity index (χ1n) is 6.28. The summed E-state index contributed by atoms with van der Waals surface area (Å²) in [6, 6.07) is 10.9. The van der Waals surface area contributed by atoms with Crippen LogP contribution >= 0.6 is 0 Å². The van der Waals surface area contributed by atoms with Crippen LogP contribution in [0.1, 0.15) is 15.9 Å². The predicted octanol–water partition coefficient (Wildman–Crippen LogP) is 2.06. The van der Waals surface area contributed by atoms with Crippen LogP contribution in [0.3, 0.4) is 0 Å². The van der Waals surface area contributed by atoms with Gasteiger partial charge in [-0.1, -0.05) is 0 Å². The molecule has 1 heterocycles. The van der Waals surface area contributed by atoms with Gasteiger partial charge in [-0.3, -0.25) is 4.79 Å². The van der Waals surface area contributed by atoms with Crippen molar-refractivity contribution in [3.05, 3.63) is 53.7 Å². The van der Waals surface area contributed by atoms with Gasteiger partial charge in [0.05, 0.1) is 7.11 Å². The van der Waals surface area contributed by atoms with Crippen LogP contribution in [0.15, 0.2) is 42.6 Å². The molecule has 1 aromatic heterocycles. The first-order chi connectivity index (χ1) is 9.72. The van der Waals surface area contributed by atoms with E-state index in [1.807, 2.05) is 25.2 Å². The number of benzene rings is 1. The summed E-state index contributed by atoms with van der Waals surface area (Å²) in [5, 5.41) is 5.87. The number of carbonyl (C=O) groups excluding carboxylic acids is 1. The van der Waals surface area contributed by atoms with Gasteiger partial charge in [0, 0.05) is 37.1 Å². The SMILES string of the molecule is CNc1ccc(C(=O)NCc2ccnc(OC)c2)cc1. The van der Waals surface area contributed by atoms with Gasteiger partial charge in [0.1, 0.15) is 0 Å². The second-order valence-electron chi connectivity index (χ2n) is 4.22. The highest BCUT2D eigenvalue weighted by Gasteiger charge is 2.05. The summed E-state index contributed by atoms with van der Waals surface area (Å²) in [4.78, 5) is 16.0. The molecule has 1 aromatic carbocycles. The molecule has 2 rings (SSSR count). The summed E-state index contributed by atoms with van der Waals surface area (Å²) in [6.45, 7) is 0.436. The number of pyridine rings is 1. The van der Waals surface area contributed by atoms with Crippen LogP contribution in [0.25, 0.3) is 0 Å². The molecular formula is C15H17N3O2. The van der Waals surface area contributed by atoms with Crippen molar-refractivity contribution in [2.24, 2.45) is 0 Å². The molecule has 20 heavy (non-hydrogen) atoms. The van der Waals surface area contributed by atoms with Crippen molar-refractivity contribution in [1.29, 1.82) is 0 Å². The quantitative estimate of drug-likeness (QED) is 0.873. The van der Waals surface area contributed by atoms with E-state index in [1.165, 1.54) is 0 Å². The van der Waals surface area contributed by atoms with E-state index in [2.05, 4.69) is 15.6 Å². The van der Waals surface area contributed by atoms with Gasteiger partial charge in [0.2, 0.25) is 5.88 Å². The molecule has 0 bridgehead atoms. The van der Waals surface area contributed by atoms with Crippen molar-refractivity contribution < 1.29 is 9.53 Å². The molecular weight excluding hydrogens is 254 g/mol. The van der Waals surface area contributed by atoms with Crippen molar-refractivity contribution in [2.75, 3.05) is 19.5 Å². The Kier molecular flexibility index (Phi) is 4.55. The monoisotopic (exact) mass is 271 g/mol. The van der Waals surface area contributed by atoms with Crippen molar-refractivity contribution in [2.45, 2.75) is 6.54 Å². The summed E-state index contributed by atoms with van der Waals surface area (Å²) in [6.07, 6.45) is 1.65. The Labute approximate surface area is 118 Å². The number of methoxy groups -OCH3 is 1. The first kappa shape index (κ1) is 13.9. The van der Waals surface area contributed by atoms with Crippen molar-refractivity contribution >= 4 is 11.6 Å². The molecule has 5 nitrogen and oxygen atoms in total. The van der Waals surface area contributed by atoms with E-state index in [0.717, 1.165) is 11.3 Å². The van der Waals surface area contributed by atoms with Gasteiger partial charge in [-0.05, 0) is 35.9 Å². The van der Waals surface area contributed by atoms with Crippen LogP contribution in [-0.2, 0) is 6.54 Å². The number of nitrogens with one attached hydrogen (secondary N) is 2. The molecule has 1 amide bonds. The summed E-state index contributed by atoms with van der Waals surface area (Å²) >= 11 is 0. The minimum atomic E-state index is -0.108. The van der Waals surface area contributed by atoms with Gasteiger partial charge in [-0.2, -0.15) is 0 Å². The van der Waals surface area contributed by atoms with Gasteiger partial charge in [-0.15, -0.1) is 0 Å². The van der Waals surface area contributed by atoms with E-state index < -0.39 is 0 Å². The lowest BCUT2D eigenvalue weighted by Gasteiger charge is -2.07. The van der Waals surface area contributed by atoms with Crippen LogP contribution in [0.2, 0.25) is 0 Å². The Morgan fingerprint density at radius 3 is 2.65 bits per heavy atom. The minimum absolute atomic E-state index is 0.108. The highest BCUT2D eigenvalue weighted by Crippen LogP contribution is 2.10. The standard InChI is InChI=1S/C15H17N3O2/c1-16-13-5-3-12(4-6-13)15(19)18-10-11-7-8-17-14(9-11)20-2/h3-9,16H,10H2,1-2H3,(H,18,19). The number of nitrogens with zero attached hydrogens (tertiary/aromatic N) is 1. The maximum atomic E-state index is 12.0. The lowest BCUT2D eigenvalue weighted by molar-refractivity contribution is 0.0951. The summed E-state index contributed by atoms with van der Waals surface area (Å²) in [5.41, 5.74) is 2.54. The largest absolute Gasteiger partial charge is 0.481 e. The molecule has 0 fully saturated rings. The van der Waals surface area contributed by atoms with Crippen molar-refractivity contribution in [3.8, 4) is 5.88 Å². The van der Waals surface area contributed by atoms with E-state index in [-0.39, 0.29) is 5.91 Å². The molecule has 0 aliphatic carbocycles. The van der Waals surface area contributed by atoms with Crippen molar-refractivity contribution in [1.82, 2.24) is 10.3 Å². The summed E-state index contributed by atoms with van der Waals surface area (Å²) in [5.74, 6) is 0.429. The van der Waals surface area contributed by atoms with Gasteiger partial charge in [0.15, 0.2) is 0 Å². The zero-order valence-electron chi connectivity index (χ0n) is 11.5. The minimum Gasteiger partial charge on any atom is -0.481 e. The fourth-order valence-electron chi connectivity index (χ4n) is 1.74. The van der Waals surface area contributed by atoms with Gasteiger partial charge < -0.3 is 15.4 Å². The van der Waals surface area contributed by atoms with E-state index in [0.29, 0.717) is 18.0 Å². The second kappa shape index (κ2) is 6.56. The van der Waals surface area contributed by atoms with Gasteiger partial charge in [0.25, 0.3) is 5.91 Å². The van der Waals surface area contributed by atoms with Crippen LogP contribution in [-0.4, -0.2) is 25.0 Å². The molecule has 104 valence electrons. The first-order valence-corrected chi connectivity index (χ1v) is 6.28. The maximum absolute atomic E-state index is 12.0. The number of rotatable bonds is 5. The van der Waals surface area contributed by atoms with E-state index in [4.69, 9.17) is 4.74 Å². The molecule has 0 atom stereocenters. The fourth-order valence-corrected chi connectivity index (χ4v) is 1.74. The highest BCUT2D eigenvalue weighted by atomic mass is 16.5. The number of amides is 1. The van der Waals surface area contributed by atoms with E-state index in [1.54, 1.807) is 31.5 Å². The zero-order valence-corrected chi connectivity index (χ0v) is 11.5. The number of aromatic nitrogens is 1. The molecule has 0 unspecified atom stereocenters. The Bertz CT molecular complexity index is 582. The number of carbonyl (C=O) groups is 1. The number of hydrogen-bond donors (Lipinski definition) is 2. The Balaban J connectivity index is 1.97. The maximum Gasteiger partial charge on any atom is 0.251 e. The molecule has 0 aliphatic heterocycles. The number of ether oxygens (including phenoxy) is 1. The molecule has 2 N–H and O–H groups in total. The highest BCUT2D eigenvalue weighted by molar-refractivity contribution is 5.94. The number of hydrogen-bond acceptors (Lipinski definition) is 4.